The molecule has 0 radical (unpaired) electrons. The van der Waals surface area contributed by atoms with E-state index in [0.29, 0.717) is 12.5 Å². The molecule has 1 saturated carbocycles. The molecule has 100 valence electrons. The van der Waals surface area contributed by atoms with Crippen LogP contribution in [0.4, 0.5) is 0 Å². The fourth-order valence-corrected chi connectivity index (χ4v) is 2.91. The zero-order valence-electron chi connectivity index (χ0n) is 11.6. The zero-order chi connectivity index (χ0) is 13.0. The topological polar surface area (TPSA) is 35.2 Å². The van der Waals surface area contributed by atoms with Crippen molar-refractivity contribution in [1.82, 2.24) is 0 Å². The van der Waals surface area contributed by atoms with E-state index in [-0.39, 0.29) is 6.04 Å². The molecule has 1 aliphatic carbocycles. The highest BCUT2D eigenvalue weighted by Gasteiger charge is 2.20. The van der Waals surface area contributed by atoms with Gasteiger partial charge in [0.25, 0.3) is 0 Å². The van der Waals surface area contributed by atoms with Crippen LogP contribution in [-0.2, 0) is 0 Å². The Morgan fingerprint density at radius 3 is 2.33 bits per heavy atom. The van der Waals surface area contributed by atoms with Gasteiger partial charge in [-0.05, 0) is 55.9 Å². The monoisotopic (exact) mass is 247 g/mol. The van der Waals surface area contributed by atoms with E-state index in [1.54, 1.807) is 0 Å². The predicted octanol–water partition coefficient (Wildman–Crippen LogP) is 3.59. The number of ether oxygens (including phenoxy) is 1. The fourth-order valence-electron chi connectivity index (χ4n) is 2.91. The van der Waals surface area contributed by atoms with Gasteiger partial charge < -0.3 is 10.5 Å². The van der Waals surface area contributed by atoms with Gasteiger partial charge in [0.15, 0.2) is 0 Å². The van der Waals surface area contributed by atoms with Gasteiger partial charge in [-0.25, -0.2) is 0 Å². The molecule has 0 heterocycles. The molecule has 0 bridgehead atoms. The average molecular weight is 247 g/mol. The Kier molecular flexibility index (Phi) is 4.65. The maximum Gasteiger partial charge on any atom is 0.119 e. The van der Waals surface area contributed by atoms with Crippen LogP contribution < -0.4 is 10.5 Å². The highest BCUT2D eigenvalue weighted by Crippen LogP contribution is 2.26. The molecule has 1 aliphatic rings. The van der Waals surface area contributed by atoms with Crippen LogP contribution in [0.3, 0.4) is 0 Å². The van der Waals surface area contributed by atoms with E-state index in [9.17, 15) is 0 Å². The molecule has 1 aromatic rings. The number of hydrogen-bond acceptors (Lipinski definition) is 2. The van der Waals surface area contributed by atoms with Crippen molar-refractivity contribution in [2.75, 3.05) is 6.61 Å². The largest absolute Gasteiger partial charge is 0.492 e. The first kappa shape index (κ1) is 13.4. The molecule has 2 rings (SSSR count). The van der Waals surface area contributed by atoms with Crippen molar-refractivity contribution in [3.63, 3.8) is 0 Å². The quantitative estimate of drug-likeness (QED) is 0.882. The van der Waals surface area contributed by atoms with Crippen molar-refractivity contribution in [1.29, 1.82) is 0 Å². The van der Waals surface area contributed by atoms with Crippen molar-refractivity contribution in [2.24, 2.45) is 11.7 Å². The second-order valence-electron chi connectivity index (χ2n) is 5.70. The van der Waals surface area contributed by atoms with Gasteiger partial charge in [0.2, 0.25) is 0 Å². The van der Waals surface area contributed by atoms with Crippen LogP contribution in [0, 0.1) is 19.8 Å². The maximum atomic E-state index is 6.25. The van der Waals surface area contributed by atoms with Crippen LogP contribution in [0.5, 0.6) is 5.75 Å². The van der Waals surface area contributed by atoms with Crippen LogP contribution in [0.25, 0.3) is 0 Å². The van der Waals surface area contributed by atoms with Gasteiger partial charge >= 0.3 is 0 Å². The number of aryl methyl sites for hydroxylation is 2. The van der Waals surface area contributed by atoms with E-state index >= 15 is 0 Å². The standard InChI is InChI=1S/C16H25NO/c1-12-8-13(2)10-15(9-12)18-11-16(17)14-6-4-3-5-7-14/h8-10,14,16H,3-7,11,17H2,1-2H3. The molecule has 0 aliphatic heterocycles. The minimum Gasteiger partial charge on any atom is -0.492 e. The third kappa shape index (κ3) is 3.74. The van der Waals surface area contributed by atoms with Gasteiger partial charge in [-0.1, -0.05) is 25.3 Å². The van der Waals surface area contributed by atoms with Crippen molar-refractivity contribution >= 4 is 0 Å². The summed E-state index contributed by atoms with van der Waals surface area (Å²) in [6.45, 7) is 4.84. The van der Waals surface area contributed by atoms with Crippen molar-refractivity contribution in [2.45, 2.75) is 52.0 Å². The summed E-state index contributed by atoms with van der Waals surface area (Å²) in [5.41, 5.74) is 8.74. The minimum atomic E-state index is 0.186. The summed E-state index contributed by atoms with van der Waals surface area (Å²) < 4.78 is 5.86. The van der Waals surface area contributed by atoms with Crippen molar-refractivity contribution in [3.8, 4) is 5.75 Å². The maximum absolute atomic E-state index is 6.25. The van der Waals surface area contributed by atoms with Crippen molar-refractivity contribution < 1.29 is 4.74 Å². The van der Waals surface area contributed by atoms with Crippen LogP contribution >= 0.6 is 0 Å². The van der Waals surface area contributed by atoms with Gasteiger partial charge in [0, 0.05) is 6.04 Å². The van der Waals surface area contributed by atoms with Crippen LogP contribution in [0.2, 0.25) is 0 Å². The Labute approximate surface area is 111 Å². The number of nitrogens with two attached hydrogens (primary N) is 1. The first-order valence-electron chi connectivity index (χ1n) is 7.12. The lowest BCUT2D eigenvalue weighted by Crippen LogP contribution is -2.37. The number of rotatable bonds is 4. The summed E-state index contributed by atoms with van der Waals surface area (Å²) in [5.74, 6) is 1.61. The highest BCUT2D eigenvalue weighted by molar-refractivity contribution is 5.33. The molecule has 1 fully saturated rings. The minimum absolute atomic E-state index is 0.186. The SMILES string of the molecule is Cc1cc(C)cc(OCC(N)C2CCCCC2)c1. The Hall–Kier alpha value is -1.02. The Bertz CT molecular complexity index is 362. The molecule has 2 heteroatoms. The molecule has 0 saturated heterocycles. The van der Waals surface area contributed by atoms with E-state index in [2.05, 4.69) is 32.0 Å². The summed E-state index contributed by atoms with van der Waals surface area (Å²) in [6.07, 6.45) is 6.60. The van der Waals surface area contributed by atoms with Crippen LogP contribution in [-0.4, -0.2) is 12.6 Å². The van der Waals surface area contributed by atoms with Gasteiger partial charge in [-0.2, -0.15) is 0 Å². The summed E-state index contributed by atoms with van der Waals surface area (Å²) >= 11 is 0. The molecule has 1 unspecified atom stereocenters. The summed E-state index contributed by atoms with van der Waals surface area (Å²) in [4.78, 5) is 0. The van der Waals surface area contributed by atoms with Gasteiger partial charge in [-0.15, -0.1) is 0 Å². The van der Waals surface area contributed by atoms with Crippen LogP contribution in [0.1, 0.15) is 43.2 Å². The molecule has 2 nitrogen and oxygen atoms in total. The van der Waals surface area contributed by atoms with E-state index in [0.717, 1.165) is 5.75 Å². The molecule has 0 spiro atoms. The lowest BCUT2D eigenvalue weighted by atomic mass is 9.84. The average Bonchev–Trinajstić information content (AvgIpc) is 2.36. The third-order valence-corrected chi connectivity index (χ3v) is 3.89. The van der Waals surface area contributed by atoms with Gasteiger partial charge in [-0.3, -0.25) is 0 Å². The summed E-state index contributed by atoms with van der Waals surface area (Å²) in [7, 11) is 0. The second kappa shape index (κ2) is 6.24. The number of benzene rings is 1. The summed E-state index contributed by atoms with van der Waals surface area (Å²) in [5, 5.41) is 0. The smallest absolute Gasteiger partial charge is 0.119 e. The Morgan fingerprint density at radius 1 is 1.11 bits per heavy atom. The molecule has 1 atom stereocenters. The molecular formula is C16H25NO. The first-order valence-corrected chi connectivity index (χ1v) is 7.12. The molecular weight excluding hydrogens is 222 g/mol. The van der Waals surface area contributed by atoms with E-state index in [4.69, 9.17) is 10.5 Å². The lowest BCUT2D eigenvalue weighted by Gasteiger charge is -2.27. The van der Waals surface area contributed by atoms with E-state index in [1.165, 1.54) is 43.2 Å². The molecule has 0 amide bonds. The Morgan fingerprint density at radius 2 is 1.72 bits per heavy atom. The molecule has 1 aromatic carbocycles. The second-order valence-corrected chi connectivity index (χ2v) is 5.70. The first-order chi connectivity index (χ1) is 8.65. The fraction of sp³-hybridized carbons (Fsp3) is 0.625. The summed E-state index contributed by atoms with van der Waals surface area (Å²) in [6, 6.07) is 6.51. The third-order valence-electron chi connectivity index (χ3n) is 3.89. The molecule has 2 N–H and O–H groups in total. The van der Waals surface area contributed by atoms with Gasteiger partial charge in [0.05, 0.1) is 0 Å². The molecule has 0 aromatic heterocycles. The molecule has 18 heavy (non-hydrogen) atoms. The Balaban J connectivity index is 1.86. The lowest BCUT2D eigenvalue weighted by molar-refractivity contribution is 0.214. The highest BCUT2D eigenvalue weighted by atomic mass is 16.5. The normalized spacial score (nSPS) is 18.6. The number of hydrogen-bond donors (Lipinski definition) is 1. The van der Waals surface area contributed by atoms with Crippen LogP contribution in [0.15, 0.2) is 18.2 Å². The predicted molar refractivity (Wildman–Crippen MR) is 76.0 cm³/mol. The van der Waals surface area contributed by atoms with E-state index in [1.807, 2.05) is 0 Å². The van der Waals surface area contributed by atoms with Crippen molar-refractivity contribution in [3.05, 3.63) is 29.3 Å². The zero-order valence-corrected chi connectivity index (χ0v) is 11.6. The van der Waals surface area contributed by atoms with Gasteiger partial charge in [0.1, 0.15) is 12.4 Å². The van der Waals surface area contributed by atoms with E-state index < -0.39 is 0 Å².